The van der Waals surface area contributed by atoms with Gasteiger partial charge in [0.25, 0.3) is 0 Å². The number of likely N-dealkylation sites (tertiary alicyclic amines) is 1. The quantitative estimate of drug-likeness (QED) is 0.619. The number of hydrogen-bond acceptors (Lipinski definition) is 3. The van der Waals surface area contributed by atoms with Gasteiger partial charge < -0.3 is 15.1 Å². The van der Waals surface area contributed by atoms with Gasteiger partial charge in [0.2, 0.25) is 0 Å². The number of piperidine rings is 1. The minimum Gasteiger partial charge on any atom is -0.481 e. The van der Waals surface area contributed by atoms with Crippen molar-refractivity contribution in [3.8, 4) is 0 Å². The Kier molecular flexibility index (Phi) is 3.49. The van der Waals surface area contributed by atoms with Crippen LogP contribution in [0.5, 0.6) is 0 Å². The van der Waals surface area contributed by atoms with E-state index in [0.29, 0.717) is 13.1 Å². The smallest absolute Gasteiger partial charge is 0.307 e. The van der Waals surface area contributed by atoms with Gasteiger partial charge in [-0.25, -0.2) is 0 Å². The highest BCUT2D eigenvalue weighted by atomic mass is 16.4. The van der Waals surface area contributed by atoms with Crippen molar-refractivity contribution in [3.63, 3.8) is 0 Å². The van der Waals surface area contributed by atoms with Crippen LogP contribution in [0.2, 0.25) is 0 Å². The van der Waals surface area contributed by atoms with Gasteiger partial charge in [-0.05, 0) is 19.4 Å². The maximum absolute atomic E-state index is 10.6. The molecule has 0 amide bonds. The summed E-state index contributed by atoms with van der Waals surface area (Å²) in [4.78, 5) is 12.6. The van der Waals surface area contributed by atoms with E-state index in [0.717, 1.165) is 19.4 Å². The van der Waals surface area contributed by atoms with Crippen LogP contribution in [0.25, 0.3) is 0 Å². The summed E-state index contributed by atoms with van der Waals surface area (Å²) in [5, 5.41) is 17.4. The topological polar surface area (TPSA) is 60.8 Å². The summed E-state index contributed by atoms with van der Waals surface area (Å²) in [5.74, 6) is -0.942. The van der Waals surface area contributed by atoms with Crippen molar-refractivity contribution in [2.45, 2.75) is 12.8 Å². The number of β-amino-alcohol motifs (C(OH)–C–C–N with tert-alkyl or cyclic N) is 1. The number of carboxylic acids is 1. The van der Waals surface area contributed by atoms with Crippen LogP contribution in [0.15, 0.2) is 0 Å². The van der Waals surface area contributed by atoms with Crippen molar-refractivity contribution in [2.75, 3.05) is 26.2 Å². The SMILES string of the molecule is O=C(O)[C@H]1CCCN(CCO)C1. The monoisotopic (exact) mass is 173 g/mol. The number of nitrogens with zero attached hydrogens (tertiary/aromatic N) is 1. The number of carbonyl (C=O) groups is 1. The summed E-state index contributed by atoms with van der Waals surface area (Å²) in [5.41, 5.74) is 0. The standard InChI is InChI=1S/C8H15NO3/c10-5-4-9-3-1-2-7(6-9)8(11)12/h7,10H,1-6H2,(H,11,12)/t7-/m0/s1. The molecule has 12 heavy (non-hydrogen) atoms. The molecule has 1 saturated heterocycles. The summed E-state index contributed by atoms with van der Waals surface area (Å²) in [6, 6.07) is 0. The molecule has 4 nitrogen and oxygen atoms in total. The molecule has 1 rings (SSSR count). The second kappa shape index (κ2) is 4.42. The first-order chi connectivity index (χ1) is 5.74. The number of rotatable bonds is 3. The minimum atomic E-state index is -0.711. The lowest BCUT2D eigenvalue weighted by Gasteiger charge is -2.29. The van der Waals surface area contributed by atoms with Gasteiger partial charge in [0.15, 0.2) is 0 Å². The van der Waals surface area contributed by atoms with Gasteiger partial charge in [0, 0.05) is 13.1 Å². The third-order valence-corrected chi connectivity index (χ3v) is 2.27. The Bertz CT molecular complexity index is 158. The third-order valence-electron chi connectivity index (χ3n) is 2.27. The molecule has 0 saturated carbocycles. The van der Waals surface area contributed by atoms with E-state index in [9.17, 15) is 4.79 Å². The number of aliphatic hydroxyl groups excluding tert-OH is 1. The van der Waals surface area contributed by atoms with Crippen LogP contribution >= 0.6 is 0 Å². The first-order valence-corrected chi connectivity index (χ1v) is 4.30. The molecule has 0 radical (unpaired) electrons. The Morgan fingerprint density at radius 3 is 2.92 bits per heavy atom. The number of carboxylic acid groups (broad SMARTS) is 1. The van der Waals surface area contributed by atoms with E-state index < -0.39 is 5.97 Å². The summed E-state index contributed by atoms with van der Waals surface area (Å²) in [6.45, 7) is 2.23. The molecule has 70 valence electrons. The molecule has 1 fully saturated rings. The first-order valence-electron chi connectivity index (χ1n) is 4.30. The fourth-order valence-electron chi connectivity index (χ4n) is 1.60. The molecule has 0 spiro atoms. The molecule has 2 N–H and O–H groups in total. The number of aliphatic carboxylic acids is 1. The third kappa shape index (κ3) is 2.46. The van der Waals surface area contributed by atoms with Gasteiger partial charge in [-0.3, -0.25) is 4.79 Å². The van der Waals surface area contributed by atoms with Crippen LogP contribution in [-0.2, 0) is 4.79 Å². The second-order valence-corrected chi connectivity index (χ2v) is 3.20. The van der Waals surface area contributed by atoms with Gasteiger partial charge >= 0.3 is 5.97 Å². The molecule has 1 atom stereocenters. The van der Waals surface area contributed by atoms with Gasteiger partial charge in [-0.1, -0.05) is 0 Å². The Morgan fingerprint density at radius 2 is 2.33 bits per heavy atom. The zero-order valence-electron chi connectivity index (χ0n) is 7.07. The molecule has 1 heterocycles. The Morgan fingerprint density at radius 1 is 1.58 bits per heavy atom. The zero-order chi connectivity index (χ0) is 8.97. The van der Waals surface area contributed by atoms with Crippen LogP contribution in [-0.4, -0.2) is 47.3 Å². The van der Waals surface area contributed by atoms with Crippen molar-refractivity contribution < 1.29 is 15.0 Å². The van der Waals surface area contributed by atoms with Crippen LogP contribution in [0, 0.1) is 5.92 Å². The minimum absolute atomic E-state index is 0.117. The van der Waals surface area contributed by atoms with E-state index in [1.54, 1.807) is 0 Å². The number of hydrogen-bond donors (Lipinski definition) is 2. The lowest BCUT2D eigenvalue weighted by atomic mass is 9.98. The Labute approximate surface area is 71.8 Å². The molecule has 1 aliphatic rings. The van der Waals surface area contributed by atoms with Gasteiger partial charge in [0.05, 0.1) is 12.5 Å². The van der Waals surface area contributed by atoms with Crippen molar-refractivity contribution in [2.24, 2.45) is 5.92 Å². The first kappa shape index (κ1) is 9.48. The molecule has 4 heteroatoms. The Hall–Kier alpha value is -0.610. The van der Waals surface area contributed by atoms with Gasteiger partial charge in [-0.15, -0.1) is 0 Å². The van der Waals surface area contributed by atoms with Crippen molar-refractivity contribution in [1.29, 1.82) is 0 Å². The van der Waals surface area contributed by atoms with Crippen molar-refractivity contribution in [1.82, 2.24) is 4.90 Å². The molecule has 0 aromatic carbocycles. The predicted octanol–water partition coefficient (Wildman–Crippen LogP) is -0.225. The average molecular weight is 173 g/mol. The molecule has 1 aliphatic heterocycles. The molecular weight excluding hydrogens is 158 g/mol. The van der Waals surface area contributed by atoms with E-state index in [-0.39, 0.29) is 12.5 Å². The highest BCUT2D eigenvalue weighted by molar-refractivity contribution is 5.70. The second-order valence-electron chi connectivity index (χ2n) is 3.20. The molecule has 0 bridgehead atoms. The molecule has 0 aromatic heterocycles. The summed E-state index contributed by atoms with van der Waals surface area (Å²) < 4.78 is 0. The van der Waals surface area contributed by atoms with Crippen molar-refractivity contribution >= 4 is 5.97 Å². The normalized spacial score (nSPS) is 25.6. The van der Waals surface area contributed by atoms with E-state index in [1.807, 2.05) is 4.90 Å². The van der Waals surface area contributed by atoms with Crippen LogP contribution in [0.1, 0.15) is 12.8 Å². The van der Waals surface area contributed by atoms with E-state index in [2.05, 4.69) is 0 Å². The van der Waals surface area contributed by atoms with Crippen molar-refractivity contribution in [3.05, 3.63) is 0 Å². The molecule has 0 unspecified atom stereocenters. The largest absolute Gasteiger partial charge is 0.481 e. The predicted molar refractivity (Wildman–Crippen MR) is 43.9 cm³/mol. The van der Waals surface area contributed by atoms with Gasteiger partial charge in [-0.2, -0.15) is 0 Å². The van der Waals surface area contributed by atoms with Crippen LogP contribution in [0.3, 0.4) is 0 Å². The van der Waals surface area contributed by atoms with Crippen LogP contribution in [0.4, 0.5) is 0 Å². The molecule has 0 aromatic rings. The summed E-state index contributed by atoms with van der Waals surface area (Å²) >= 11 is 0. The fraction of sp³-hybridized carbons (Fsp3) is 0.875. The Balaban J connectivity index is 2.35. The van der Waals surface area contributed by atoms with Gasteiger partial charge in [0.1, 0.15) is 0 Å². The number of aliphatic hydroxyl groups is 1. The average Bonchev–Trinajstić information content (AvgIpc) is 2.05. The van der Waals surface area contributed by atoms with E-state index in [1.165, 1.54) is 0 Å². The molecule has 0 aliphatic carbocycles. The maximum atomic E-state index is 10.6. The summed E-state index contributed by atoms with van der Waals surface area (Å²) in [6.07, 6.45) is 1.70. The molecular formula is C8H15NO3. The van der Waals surface area contributed by atoms with E-state index >= 15 is 0 Å². The fourth-order valence-corrected chi connectivity index (χ4v) is 1.60. The van der Waals surface area contributed by atoms with E-state index in [4.69, 9.17) is 10.2 Å². The summed E-state index contributed by atoms with van der Waals surface area (Å²) in [7, 11) is 0. The maximum Gasteiger partial charge on any atom is 0.307 e. The highest BCUT2D eigenvalue weighted by Crippen LogP contribution is 2.15. The zero-order valence-corrected chi connectivity index (χ0v) is 7.07. The lowest BCUT2D eigenvalue weighted by molar-refractivity contribution is -0.143. The highest BCUT2D eigenvalue weighted by Gasteiger charge is 2.24. The lowest BCUT2D eigenvalue weighted by Crippen LogP contribution is -2.39. The van der Waals surface area contributed by atoms with Crippen LogP contribution < -0.4 is 0 Å².